The summed E-state index contributed by atoms with van der Waals surface area (Å²) in [6.45, 7) is 0. The predicted octanol–water partition coefficient (Wildman–Crippen LogP) is 2.83. The molecule has 33 heavy (non-hydrogen) atoms. The first-order valence-electron chi connectivity index (χ1n) is 9.75. The molecule has 0 amide bonds. The number of hydrogen-bond donors (Lipinski definition) is 0. The number of carbonyl (C=O) groups excluding carboxylic acids is 1. The Balaban J connectivity index is 2.05. The topological polar surface area (TPSA) is 85.0 Å². The fourth-order valence-corrected chi connectivity index (χ4v) is 4.26. The van der Waals surface area contributed by atoms with Gasteiger partial charge >= 0.3 is 0 Å². The van der Waals surface area contributed by atoms with Gasteiger partial charge in [-0.2, -0.15) is 5.26 Å². The lowest BCUT2D eigenvalue weighted by Gasteiger charge is -2.06. The number of hydrogen-bond acceptors (Lipinski definition) is 6. The van der Waals surface area contributed by atoms with Gasteiger partial charge in [-0.3, -0.25) is 19.1 Å². The van der Waals surface area contributed by atoms with E-state index >= 15 is 0 Å². The average Bonchev–Trinajstić information content (AvgIpc) is 3.16. The van der Waals surface area contributed by atoms with Crippen LogP contribution in [0.25, 0.3) is 17.3 Å². The summed E-state index contributed by atoms with van der Waals surface area (Å²) in [5.41, 5.74) is 0.497. The zero-order valence-corrected chi connectivity index (χ0v) is 18.2. The molecule has 162 valence electrons. The molecule has 0 aliphatic heterocycles. The summed E-state index contributed by atoms with van der Waals surface area (Å²) >= 11 is 1.01. The zero-order valence-electron chi connectivity index (χ0n) is 17.4. The number of Topliss-reactive ketones (excluding diaryl/α,β-unsaturated/α-hetero) is 1. The second-order valence-electron chi connectivity index (χ2n) is 6.84. The number of rotatable bonds is 5. The largest absolute Gasteiger partial charge is 0.497 e. The van der Waals surface area contributed by atoms with Crippen molar-refractivity contribution in [3.05, 3.63) is 110 Å². The standard InChI is InChI=1S/C25H16FN3O3S/c1-32-20-7-4-6-19(14-20)29-24(31)22(13-18-5-2-3-12-28-18)33-25(29)21(15-27)23(30)16-8-10-17(26)11-9-16/h2-14H,1H3/b22-13+,25-21-. The highest BCUT2D eigenvalue weighted by molar-refractivity contribution is 7.07. The van der Waals surface area contributed by atoms with Gasteiger partial charge in [0.05, 0.1) is 23.0 Å². The van der Waals surface area contributed by atoms with Gasteiger partial charge in [0.2, 0.25) is 5.78 Å². The molecule has 0 atom stereocenters. The summed E-state index contributed by atoms with van der Waals surface area (Å²) in [6.07, 6.45) is 3.20. The summed E-state index contributed by atoms with van der Waals surface area (Å²) in [4.78, 5) is 30.8. The van der Waals surface area contributed by atoms with Crippen LogP contribution in [-0.2, 0) is 0 Å². The first-order valence-corrected chi connectivity index (χ1v) is 10.6. The number of halogens is 1. The zero-order chi connectivity index (χ0) is 23.4. The minimum atomic E-state index is -0.611. The van der Waals surface area contributed by atoms with Crippen LogP contribution < -0.4 is 19.5 Å². The van der Waals surface area contributed by atoms with E-state index < -0.39 is 17.2 Å². The van der Waals surface area contributed by atoms with Crippen LogP contribution >= 0.6 is 11.3 Å². The van der Waals surface area contributed by atoms with E-state index in [1.807, 2.05) is 6.07 Å². The molecule has 6 nitrogen and oxygen atoms in total. The average molecular weight is 457 g/mol. The maximum atomic E-state index is 13.4. The summed E-state index contributed by atoms with van der Waals surface area (Å²) < 4.78 is 20.4. The fraction of sp³-hybridized carbons (Fsp3) is 0.0400. The van der Waals surface area contributed by atoms with Crippen molar-refractivity contribution in [3.8, 4) is 17.5 Å². The van der Waals surface area contributed by atoms with E-state index in [1.165, 1.54) is 23.8 Å². The van der Waals surface area contributed by atoms with Crippen LogP contribution in [0.15, 0.2) is 77.7 Å². The fourth-order valence-electron chi connectivity index (χ4n) is 3.17. The van der Waals surface area contributed by atoms with Gasteiger partial charge in [0.15, 0.2) is 0 Å². The highest BCUT2D eigenvalue weighted by atomic mass is 32.1. The third kappa shape index (κ3) is 4.49. The SMILES string of the molecule is COc1cccc(-n2c(=O)/c(=C\c3ccccn3)s/c2=C(/C#N)C(=O)c2ccc(F)cc2)c1. The lowest BCUT2D eigenvalue weighted by atomic mass is 10.1. The smallest absolute Gasteiger partial charge is 0.273 e. The van der Waals surface area contributed by atoms with Gasteiger partial charge in [0.1, 0.15) is 27.9 Å². The van der Waals surface area contributed by atoms with Crippen molar-refractivity contribution in [1.29, 1.82) is 5.26 Å². The van der Waals surface area contributed by atoms with Gasteiger partial charge in [-0.1, -0.05) is 12.1 Å². The second-order valence-corrected chi connectivity index (χ2v) is 7.87. The lowest BCUT2D eigenvalue weighted by molar-refractivity contribution is 0.105. The molecule has 2 heterocycles. The highest BCUT2D eigenvalue weighted by Crippen LogP contribution is 2.15. The van der Waals surface area contributed by atoms with Gasteiger partial charge in [-0.05, 0) is 54.6 Å². The summed E-state index contributed by atoms with van der Waals surface area (Å²) in [7, 11) is 1.50. The molecule has 0 bridgehead atoms. The normalized spacial score (nSPS) is 12.2. The molecule has 0 aliphatic rings. The Hall–Kier alpha value is -4.35. The van der Waals surface area contributed by atoms with E-state index in [2.05, 4.69) is 4.98 Å². The lowest BCUT2D eigenvalue weighted by Crippen LogP contribution is -2.31. The number of pyridine rings is 1. The van der Waals surface area contributed by atoms with Crippen LogP contribution in [0, 0.1) is 17.1 Å². The molecule has 8 heteroatoms. The van der Waals surface area contributed by atoms with Gasteiger partial charge in [-0.15, -0.1) is 11.3 Å². The van der Waals surface area contributed by atoms with E-state index in [1.54, 1.807) is 54.7 Å². The Morgan fingerprint density at radius 2 is 1.94 bits per heavy atom. The molecule has 0 fully saturated rings. The number of benzene rings is 2. The minimum absolute atomic E-state index is 0.140. The minimum Gasteiger partial charge on any atom is -0.497 e. The molecular weight excluding hydrogens is 441 g/mol. The molecule has 2 aromatic carbocycles. The Bertz CT molecular complexity index is 1550. The monoisotopic (exact) mass is 457 g/mol. The van der Waals surface area contributed by atoms with Crippen molar-refractivity contribution in [3.63, 3.8) is 0 Å². The van der Waals surface area contributed by atoms with Gasteiger partial charge in [0.25, 0.3) is 5.56 Å². The highest BCUT2D eigenvalue weighted by Gasteiger charge is 2.19. The quantitative estimate of drug-likeness (QED) is 0.430. The Labute approximate surface area is 191 Å². The number of thiazole rings is 1. The summed E-state index contributed by atoms with van der Waals surface area (Å²) in [5.74, 6) is -0.600. The first-order chi connectivity index (χ1) is 16.0. The molecule has 0 saturated heterocycles. The second kappa shape index (κ2) is 9.42. The Kier molecular flexibility index (Phi) is 6.24. The van der Waals surface area contributed by atoms with Gasteiger partial charge < -0.3 is 4.74 Å². The molecule has 0 unspecified atom stereocenters. The molecule has 0 radical (unpaired) electrons. The van der Waals surface area contributed by atoms with Crippen molar-refractivity contribution in [1.82, 2.24) is 9.55 Å². The number of methoxy groups -OCH3 is 1. The predicted molar refractivity (Wildman–Crippen MR) is 123 cm³/mol. The molecule has 0 N–H and O–H groups in total. The maximum absolute atomic E-state index is 13.4. The number of ketones is 1. The van der Waals surface area contributed by atoms with Crippen molar-refractivity contribution in [2.45, 2.75) is 0 Å². The van der Waals surface area contributed by atoms with E-state index in [-0.39, 0.29) is 15.8 Å². The third-order valence-electron chi connectivity index (χ3n) is 4.76. The van der Waals surface area contributed by atoms with E-state index in [0.717, 1.165) is 23.5 Å². The number of ether oxygens (including phenoxy) is 1. The van der Waals surface area contributed by atoms with Crippen molar-refractivity contribution in [2.24, 2.45) is 0 Å². The Morgan fingerprint density at radius 3 is 2.61 bits per heavy atom. The maximum Gasteiger partial charge on any atom is 0.273 e. The van der Waals surface area contributed by atoms with Gasteiger partial charge in [-0.25, -0.2) is 4.39 Å². The van der Waals surface area contributed by atoms with Crippen LogP contribution in [-0.4, -0.2) is 22.4 Å². The van der Waals surface area contributed by atoms with Crippen LogP contribution in [0.4, 0.5) is 4.39 Å². The molecule has 4 rings (SSSR count). The first kappa shape index (κ1) is 21.9. The van der Waals surface area contributed by atoms with Crippen molar-refractivity contribution in [2.75, 3.05) is 7.11 Å². The molecular formula is C25H16FN3O3S. The molecule has 0 saturated carbocycles. The van der Waals surface area contributed by atoms with Crippen molar-refractivity contribution >= 4 is 28.8 Å². The molecule has 2 aromatic heterocycles. The van der Waals surface area contributed by atoms with E-state index in [4.69, 9.17) is 4.74 Å². The molecule has 0 aliphatic carbocycles. The van der Waals surface area contributed by atoms with Crippen LogP contribution in [0.1, 0.15) is 16.1 Å². The van der Waals surface area contributed by atoms with E-state index in [0.29, 0.717) is 21.7 Å². The van der Waals surface area contributed by atoms with Crippen molar-refractivity contribution < 1.29 is 13.9 Å². The van der Waals surface area contributed by atoms with Crippen LogP contribution in [0.2, 0.25) is 0 Å². The van der Waals surface area contributed by atoms with Crippen LogP contribution in [0.5, 0.6) is 5.75 Å². The Morgan fingerprint density at radius 1 is 1.15 bits per heavy atom. The number of carbonyl (C=O) groups is 1. The molecule has 0 spiro atoms. The van der Waals surface area contributed by atoms with E-state index in [9.17, 15) is 19.2 Å². The number of aromatic nitrogens is 2. The molecule has 4 aromatic rings. The third-order valence-corrected chi connectivity index (χ3v) is 5.85. The van der Waals surface area contributed by atoms with Crippen LogP contribution in [0.3, 0.4) is 0 Å². The number of nitrogens with zero attached hydrogens (tertiary/aromatic N) is 3. The summed E-state index contributed by atoms with van der Waals surface area (Å²) in [5, 5.41) is 9.89. The number of nitriles is 1. The summed E-state index contributed by atoms with van der Waals surface area (Å²) in [6, 6.07) is 18.9. The van der Waals surface area contributed by atoms with Gasteiger partial charge in [0, 0.05) is 17.8 Å².